The summed E-state index contributed by atoms with van der Waals surface area (Å²) in [5.74, 6) is 0.404. The third-order valence-electron chi connectivity index (χ3n) is 3.02. The Morgan fingerprint density at radius 1 is 1.33 bits per heavy atom. The summed E-state index contributed by atoms with van der Waals surface area (Å²) in [6, 6.07) is 1.37. The van der Waals surface area contributed by atoms with E-state index in [1.165, 1.54) is 12.1 Å². The third-order valence-corrected chi connectivity index (χ3v) is 3.59. The van der Waals surface area contributed by atoms with Gasteiger partial charge in [-0.15, -0.1) is 12.6 Å². The summed E-state index contributed by atoms with van der Waals surface area (Å²) in [6.07, 6.45) is 2.19. The van der Waals surface area contributed by atoms with Gasteiger partial charge in [-0.05, 0) is 25.5 Å². The van der Waals surface area contributed by atoms with Crippen LogP contribution in [0.5, 0.6) is 0 Å². The second kappa shape index (κ2) is 4.46. The Morgan fingerprint density at radius 3 is 2.56 bits per heavy atom. The van der Waals surface area contributed by atoms with Crippen LogP contribution in [-0.4, -0.2) is 6.29 Å². The topological polar surface area (TPSA) is 47.3 Å². The van der Waals surface area contributed by atoms with E-state index in [4.69, 9.17) is 4.42 Å². The fourth-order valence-corrected chi connectivity index (χ4v) is 2.32. The Morgan fingerprint density at radius 2 is 2.00 bits per heavy atom. The minimum absolute atomic E-state index is 0.178. The molecule has 2 aromatic rings. The van der Waals surface area contributed by atoms with Crippen molar-refractivity contribution >= 4 is 36.0 Å². The van der Waals surface area contributed by atoms with Gasteiger partial charge in [0.15, 0.2) is 11.7 Å². The van der Waals surface area contributed by atoms with Crippen LogP contribution in [0.3, 0.4) is 0 Å². The molecule has 0 N–H and O–H groups in total. The van der Waals surface area contributed by atoms with Crippen LogP contribution >= 0.6 is 12.6 Å². The summed E-state index contributed by atoms with van der Waals surface area (Å²) in [5, 5.41) is 0.429. The van der Waals surface area contributed by atoms with Crippen molar-refractivity contribution < 1.29 is 9.21 Å². The highest BCUT2D eigenvalue weighted by molar-refractivity contribution is 7.80. The number of rotatable bonds is 2. The molecule has 0 saturated heterocycles. The number of aryl methyl sites for hydroxylation is 2. The van der Waals surface area contributed by atoms with Crippen LogP contribution in [-0.2, 0) is 0 Å². The minimum atomic E-state index is -0.178. The molecule has 0 fully saturated rings. The average molecular weight is 260 g/mol. The van der Waals surface area contributed by atoms with Gasteiger partial charge in [-0.3, -0.25) is 9.59 Å². The summed E-state index contributed by atoms with van der Waals surface area (Å²) in [6.45, 7) is 7.07. The molecular weight excluding hydrogens is 248 g/mol. The molecular formula is C14H12O3S. The molecule has 0 bridgehead atoms. The normalized spacial score (nSPS) is 10.6. The molecule has 0 radical (unpaired) electrons. The maximum atomic E-state index is 12.1. The summed E-state index contributed by atoms with van der Waals surface area (Å²) in [7, 11) is 0. The van der Waals surface area contributed by atoms with Crippen molar-refractivity contribution in [1.82, 2.24) is 0 Å². The molecule has 0 saturated carbocycles. The first kappa shape index (κ1) is 12.6. The van der Waals surface area contributed by atoms with Gasteiger partial charge in [-0.25, -0.2) is 0 Å². The van der Waals surface area contributed by atoms with Gasteiger partial charge in [0.05, 0.1) is 5.39 Å². The molecule has 92 valence electrons. The molecule has 0 aliphatic heterocycles. The number of aldehydes is 1. The molecule has 0 aliphatic rings. The number of carbonyl (C=O) groups excluding carboxylic acids is 1. The van der Waals surface area contributed by atoms with Gasteiger partial charge < -0.3 is 4.42 Å². The van der Waals surface area contributed by atoms with Crippen molar-refractivity contribution in [2.24, 2.45) is 0 Å². The van der Waals surface area contributed by atoms with Crippen LogP contribution in [0.2, 0.25) is 0 Å². The van der Waals surface area contributed by atoms with Crippen LogP contribution < -0.4 is 5.43 Å². The van der Waals surface area contributed by atoms with Crippen LogP contribution in [0.15, 0.2) is 26.8 Å². The monoisotopic (exact) mass is 260 g/mol. The van der Waals surface area contributed by atoms with E-state index in [2.05, 4.69) is 19.2 Å². The van der Waals surface area contributed by atoms with E-state index in [1.54, 1.807) is 13.8 Å². The Bertz CT molecular complexity index is 726. The molecule has 1 aromatic carbocycles. The largest absolute Gasteiger partial charge is 0.456 e. The van der Waals surface area contributed by atoms with Gasteiger partial charge >= 0.3 is 0 Å². The van der Waals surface area contributed by atoms with E-state index >= 15 is 0 Å². The molecule has 0 aliphatic carbocycles. The van der Waals surface area contributed by atoms with E-state index in [-0.39, 0.29) is 5.43 Å². The van der Waals surface area contributed by atoms with Gasteiger partial charge in [0, 0.05) is 22.1 Å². The standard InChI is InChI=1S/C14H12O3S/c1-4-9-5-11(16)12-7(2)10(6-15)14(18)8(3)13(12)17-9/h4-6,18H,1H2,2-3H3. The molecule has 3 nitrogen and oxygen atoms in total. The zero-order valence-electron chi connectivity index (χ0n) is 10.1. The van der Waals surface area contributed by atoms with Crippen molar-refractivity contribution in [2.75, 3.05) is 0 Å². The highest BCUT2D eigenvalue weighted by Crippen LogP contribution is 2.30. The lowest BCUT2D eigenvalue weighted by molar-refractivity contribution is 0.112. The van der Waals surface area contributed by atoms with Crippen LogP contribution in [0.25, 0.3) is 17.0 Å². The van der Waals surface area contributed by atoms with Gasteiger partial charge in [0.2, 0.25) is 0 Å². The number of carbonyl (C=O) groups is 1. The lowest BCUT2D eigenvalue weighted by atomic mass is 10.00. The summed E-state index contributed by atoms with van der Waals surface area (Å²) < 4.78 is 5.60. The molecule has 0 unspecified atom stereocenters. The Labute approximate surface area is 110 Å². The second-order valence-corrected chi connectivity index (χ2v) is 4.50. The predicted molar refractivity (Wildman–Crippen MR) is 74.7 cm³/mol. The van der Waals surface area contributed by atoms with E-state index in [0.29, 0.717) is 44.6 Å². The minimum Gasteiger partial charge on any atom is -0.456 e. The summed E-state index contributed by atoms with van der Waals surface area (Å²) >= 11 is 4.32. The molecule has 2 rings (SSSR count). The first-order valence-electron chi connectivity index (χ1n) is 5.38. The molecule has 1 heterocycles. The first-order valence-corrected chi connectivity index (χ1v) is 5.83. The van der Waals surface area contributed by atoms with Gasteiger partial charge in [0.1, 0.15) is 11.3 Å². The van der Waals surface area contributed by atoms with Gasteiger partial charge in [0.25, 0.3) is 0 Å². The second-order valence-electron chi connectivity index (χ2n) is 4.05. The summed E-state index contributed by atoms with van der Waals surface area (Å²) in [5.41, 5.74) is 2.00. The zero-order valence-corrected chi connectivity index (χ0v) is 11.0. The highest BCUT2D eigenvalue weighted by atomic mass is 32.1. The lowest BCUT2D eigenvalue weighted by Crippen LogP contribution is -2.06. The number of thiol groups is 1. The fourth-order valence-electron chi connectivity index (χ4n) is 2.00. The summed E-state index contributed by atoms with van der Waals surface area (Å²) in [4.78, 5) is 23.7. The van der Waals surface area contributed by atoms with Crippen molar-refractivity contribution in [3.8, 4) is 0 Å². The number of hydrogen-bond acceptors (Lipinski definition) is 4. The van der Waals surface area contributed by atoms with Gasteiger partial charge in [-0.1, -0.05) is 6.58 Å². The smallest absolute Gasteiger partial charge is 0.193 e. The Kier molecular flexibility index (Phi) is 3.13. The molecule has 0 spiro atoms. The van der Waals surface area contributed by atoms with Gasteiger partial charge in [-0.2, -0.15) is 0 Å². The quantitative estimate of drug-likeness (QED) is 0.666. The molecule has 0 atom stereocenters. The number of fused-ring (bicyclic) bond motifs is 1. The van der Waals surface area contributed by atoms with E-state index in [1.807, 2.05) is 0 Å². The SMILES string of the molecule is C=Cc1cc(=O)c2c(C)c(C=O)c(S)c(C)c2o1. The van der Waals surface area contributed by atoms with Crippen LogP contribution in [0.1, 0.15) is 27.2 Å². The van der Waals surface area contributed by atoms with Crippen molar-refractivity contribution in [3.63, 3.8) is 0 Å². The Hall–Kier alpha value is -1.81. The van der Waals surface area contributed by atoms with E-state index < -0.39 is 0 Å². The maximum absolute atomic E-state index is 12.1. The van der Waals surface area contributed by atoms with E-state index in [9.17, 15) is 9.59 Å². The molecule has 0 amide bonds. The number of hydrogen-bond donors (Lipinski definition) is 1. The Balaban J connectivity index is 3.12. The maximum Gasteiger partial charge on any atom is 0.193 e. The molecule has 4 heteroatoms. The average Bonchev–Trinajstić information content (AvgIpc) is 2.35. The van der Waals surface area contributed by atoms with Crippen molar-refractivity contribution in [2.45, 2.75) is 18.7 Å². The van der Waals surface area contributed by atoms with Crippen molar-refractivity contribution in [3.05, 3.63) is 45.3 Å². The molecule has 1 aromatic heterocycles. The van der Waals surface area contributed by atoms with E-state index in [0.717, 1.165) is 0 Å². The zero-order chi connectivity index (χ0) is 13.4. The molecule has 18 heavy (non-hydrogen) atoms. The van der Waals surface area contributed by atoms with Crippen LogP contribution in [0, 0.1) is 13.8 Å². The van der Waals surface area contributed by atoms with Crippen LogP contribution in [0.4, 0.5) is 0 Å². The first-order chi connectivity index (χ1) is 8.51. The lowest BCUT2D eigenvalue weighted by Gasteiger charge is -2.11. The highest BCUT2D eigenvalue weighted by Gasteiger charge is 2.16. The van der Waals surface area contributed by atoms with Crippen molar-refractivity contribution in [1.29, 1.82) is 0 Å². The predicted octanol–water partition coefficient (Wildman–Crippen LogP) is 3.15. The fraction of sp³-hybridized carbons (Fsp3) is 0.143. The third kappa shape index (κ3) is 1.69. The number of benzene rings is 1.